The second-order valence-electron chi connectivity index (χ2n) is 4.47. The van der Waals surface area contributed by atoms with Gasteiger partial charge in [-0.1, -0.05) is 18.2 Å². The fourth-order valence-electron chi connectivity index (χ4n) is 2.44. The lowest BCUT2D eigenvalue weighted by Crippen LogP contribution is -2.21. The van der Waals surface area contributed by atoms with Crippen LogP contribution in [0.1, 0.15) is 0 Å². The third-order valence-electron chi connectivity index (χ3n) is 3.32. The van der Waals surface area contributed by atoms with Crippen molar-refractivity contribution in [1.29, 1.82) is 0 Å². The first kappa shape index (κ1) is 10.9. The van der Waals surface area contributed by atoms with E-state index in [1.165, 1.54) is 0 Å². The van der Waals surface area contributed by atoms with E-state index >= 15 is 0 Å². The van der Waals surface area contributed by atoms with Crippen LogP contribution >= 0.6 is 0 Å². The molecule has 96 valence electrons. The molecule has 4 rings (SSSR count). The summed E-state index contributed by atoms with van der Waals surface area (Å²) in [6.07, 6.45) is 4.91. The number of para-hydroxylation sites is 2. The third kappa shape index (κ3) is 1.40. The van der Waals surface area contributed by atoms with Crippen LogP contribution < -0.4 is 5.56 Å². The largest absolute Gasteiger partial charge is 0.292 e. The molecule has 4 aromatic rings. The van der Waals surface area contributed by atoms with E-state index in [-0.39, 0.29) is 5.56 Å². The predicted octanol–water partition coefficient (Wildman–Crippen LogP) is 2.03. The highest BCUT2D eigenvalue weighted by Gasteiger charge is 2.12. The maximum Gasteiger partial charge on any atom is 0.282 e. The van der Waals surface area contributed by atoms with Crippen molar-refractivity contribution in [1.82, 2.24) is 18.9 Å². The zero-order chi connectivity index (χ0) is 13.5. The van der Waals surface area contributed by atoms with Crippen LogP contribution in [0.5, 0.6) is 0 Å². The maximum atomic E-state index is 12.7. The van der Waals surface area contributed by atoms with Crippen LogP contribution in [0.15, 0.2) is 66.0 Å². The van der Waals surface area contributed by atoms with Crippen molar-refractivity contribution in [3.8, 4) is 5.82 Å². The number of nitrogens with zero attached hydrogens (tertiary/aromatic N) is 4. The summed E-state index contributed by atoms with van der Waals surface area (Å²) in [5, 5.41) is 0. The van der Waals surface area contributed by atoms with Crippen LogP contribution in [0.2, 0.25) is 0 Å². The van der Waals surface area contributed by atoms with Crippen LogP contribution in [0, 0.1) is 0 Å². The molecule has 3 aromatic heterocycles. The van der Waals surface area contributed by atoms with Gasteiger partial charge in [0.05, 0.1) is 23.6 Å². The molecule has 5 nitrogen and oxygen atoms in total. The molecule has 0 atom stereocenters. The van der Waals surface area contributed by atoms with Gasteiger partial charge >= 0.3 is 0 Å². The minimum atomic E-state index is -0.125. The summed E-state index contributed by atoms with van der Waals surface area (Å²) in [5.41, 5.74) is 2.14. The standard InChI is InChI=1S/C15H10N4O/c20-15-13-9-16-10-18(13)11-5-1-2-6-12(11)19(15)14-7-3-4-8-17-14/h1-10H. The van der Waals surface area contributed by atoms with Gasteiger partial charge in [-0.25, -0.2) is 9.97 Å². The summed E-state index contributed by atoms with van der Waals surface area (Å²) in [6, 6.07) is 13.2. The van der Waals surface area contributed by atoms with E-state index in [9.17, 15) is 4.79 Å². The predicted molar refractivity (Wildman–Crippen MR) is 76.1 cm³/mol. The van der Waals surface area contributed by atoms with Gasteiger partial charge in [0.2, 0.25) is 0 Å². The smallest absolute Gasteiger partial charge is 0.282 e. The van der Waals surface area contributed by atoms with E-state index in [1.54, 1.807) is 27.7 Å². The van der Waals surface area contributed by atoms with Gasteiger partial charge in [0.1, 0.15) is 11.3 Å². The van der Waals surface area contributed by atoms with Crippen molar-refractivity contribution in [3.63, 3.8) is 0 Å². The first-order chi connectivity index (χ1) is 9.86. The highest BCUT2D eigenvalue weighted by molar-refractivity contribution is 5.80. The third-order valence-corrected chi connectivity index (χ3v) is 3.32. The zero-order valence-electron chi connectivity index (χ0n) is 10.5. The summed E-state index contributed by atoms with van der Waals surface area (Å²) in [7, 11) is 0. The van der Waals surface area contributed by atoms with Crippen molar-refractivity contribution in [2.45, 2.75) is 0 Å². The van der Waals surface area contributed by atoms with Crippen LogP contribution in [-0.2, 0) is 0 Å². The fraction of sp³-hybridized carbons (Fsp3) is 0. The highest BCUT2D eigenvalue weighted by Crippen LogP contribution is 2.16. The number of fused-ring (bicyclic) bond motifs is 3. The van der Waals surface area contributed by atoms with Gasteiger partial charge in [-0.2, -0.15) is 0 Å². The van der Waals surface area contributed by atoms with Gasteiger partial charge in [0.15, 0.2) is 0 Å². The molecule has 0 saturated heterocycles. The van der Waals surface area contributed by atoms with E-state index < -0.39 is 0 Å². The van der Waals surface area contributed by atoms with Crippen LogP contribution in [0.25, 0.3) is 22.4 Å². The summed E-state index contributed by atoms with van der Waals surface area (Å²) in [6.45, 7) is 0. The van der Waals surface area contributed by atoms with E-state index in [4.69, 9.17) is 0 Å². The molecule has 0 aliphatic rings. The van der Waals surface area contributed by atoms with Crippen molar-refractivity contribution in [2.24, 2.45) is 0 Å². The molecule has 0 saturated carbocycles. The summed E-state index contributed by atoms with van der Waals surface area (Å²) in [4.78, 5) is 21.0. The van der Waals surface area contributed by atoms with E-state index in [0.29, 0.717) is 11.3 Å². The molecule has 20 heavy (non-hydrogen) atoms. The number of imidazole rings is 1. The molecule has 0 aliphatic heterocycles. The van der Waals surface area contributed by atoms with Gasteiger partial charge in [-0.15, -0.1) is 0 Å². The number of hydrogen-bond donors (Lipinski definition) is 0. The quantitative estimate of drug-likeness (QED) is 0.527. The molecule has 0 fully saturated rings. The first-order valence-electron chi connectivity index (χ1n) is 6.23. The minimum absolute atomic E-state index is 0.125. The highest BCUT2D eigenvalue weighted by atomic mass is 16.1. The maximum absolute atomic E-state index is 12.7. The Labute approximate surface area is 113 Å². The second kappa shape index (κ2) is 4.03. The molecular weight excluding hydrogens is 252 g/mol. The average Bonchev–Trinajstić information content (AvgIpc) is 2.99. The summed E-state index contributed by atoms with van der Waals surface area (Å²) < 4.78 is 3.42. The molecule has 0 bridgehead atoms. The lowest BCUT2D eigenvalue weighted by Gasteiger charge is -2.10. The van der Waals surface area contributed by atoms with Crippen LogP contribution in [0.4, 0.5) is 0 Å². The average molecular weight is 262 g/mol. The van der Waals surface area contributed by atoms with Crippen molar-refractivity contribution in [2.75, 3.05) is 0 Å². The van der Waals surface area contributed by atoms with Gasteiger partial charge < -0.3 is 0 Å². The SMILES string of the molecule is O=c1c2cncn2c2ccccc2n1-c1ccccn1. The minimum Gasteiger partial charge on any atom is -0.292 e. The van der Waals surface area contributed by atoms with Gasteiger partial charge in [0.25, 0.3) is 5.56 Å². The first-order valence-corrected chi connectivity index (χ1v) is 6.23. The molecule has 0 spiro atoms. The van der Waals surface area contributed by atoms with Crippen molar-refractivity contribution in [3.05, 3.63) is 71.5 Å². The normalized spacial score (nSPS) is 11.2. The molecule has 0 N–H and O–H groups in total. The van der Waals surface area contributed by atoms with Gasteiger partial charge in [0, 0.05) is 6.20 Å². The molecule has 3 heterocycles. The summed E-state index contributed by atoms with van der Waals surface area (Å²) >= 11 is 0. The van der Waals surface area contributed by atoms with E-state index in [1.807, 2.05) is 42.5 Å². The monoisotopic (exact) mass is 262 g/mol. The number of benzene rings is 1. The Bertz CT molecular complexity index is 969. The fourth-order valence-corrected chi connectivity index (χ4v) is 2.44. The Hall–Kier alpha value is -2.95. The molecule has 0 unspecified atom stereocenters. The van der Waals surface area contributed by atoms with Crippen molar-refractivity contribution < 1.29 is 0 Å². The lowest BCUT2D eigenvalue weighted by atomic mass is 10.2. The number of pyridine rings is 1. The molecule has 1 aromatic carbocycles. The van der Waals surface area contributed by atoms with Crippen molar-refractivity contribution >= 4 is 16.6 Å². The molecule has 0 aliphatic carbocycles. The van der Waals surface area contributed by atoms with Gasteiger partial charge in [-0.3, -0.25) is 13.8 Å². The van der Waals surface area contributed by atoms with E-state index in [0.717, 1.165) is 11.0 Å². The molecule has 5 heteroatoms. The molecule has 0 radical (unpaired) electrons. The zero-order valence-corrected chi connectivity index (χ0v) is 10.5. The Morgan fingerprint density at radius 2 is 1.70 bits per heavy atom. The summed E-state index contributed by atoms with van der Waals surface area (Å²) in [5.74, 6) is 0.609. The number of rotatable bonds is 1. The van der Waals surface area contributed by atoms with Crippen LogP contribution in [-0.4, -0.2) is 18.9 Å². The second-order valence-corrected chi connectivity index (χ2v) is 4.47. The van der Waals surface area contributed by atoms with E-state index in [2.05, 4.69) is 9.97 Å². The lowest BCUT2D eigenvalue weighted by molar-refractivity contribution is 0.973. The molecular formula is C15H10N4O. The Kier molecular flexibility index (Phi) is 2.20. The topological polar surface area (TPSA) is 52.2 Å². The molecule has 0 amide bonds. The Morgan fingerprint density at radius 3 is 2.50 bits per heavy atom. The van der Waals surface area contributed by atoms with Gasteiger partial charge in [-0.05, 0) is 24.3 Å². The number of hydrogen-bond acceptors (Lipinski definition) is 3. The van der Waals surface area contributed by atoms with Crippen LogP contribution in [0.3, 0.4) is 0 Å². The Balaban J connectivity index is 2.28. The number of aromatic nitrogens is 4. The Morgan fingerprint density at radius 1 is 0.900 bits per heavy atom.